The quantitative estimate of drug-likeness (QED) is 0.799. The Morgan fingerprint density at radius 2 is 1.90 bits per heavy atom. The van der Waals surface area contributed by atoms with Gasteiger partial charge >= 0.3 is 0 Å². The van der Waals surface area contributed by atoms with Crippen LogP contribution in [0.15, 0.2) is 34.5 Å². The van der Waals surface area contributed by atoms with Crippen molar-refractivity contribution in [1.29, 1.82) is 0 Å². The highest BCUT2D eigenvalue weighted by atomic mass is 35.5. The third-order valence-electron chi connectivity index (χ3n) is 2.92. The molecule has 0 bridgehead atoms. The van der Waals surface area contributed by atoms with Crippen LogP contribution >= 0.6 is 22.9 Å². The van der Waals surface area contributed by atoms with Crippen LogP contribution in [-0.2, 0) is 15.9 Å². The van der Waals surface area contributed by atoms with E-state index >= 15 is 0 Å². The van der Waals surface area contributed by atoms with Gasteiger partial charge in [-0.25, -0.2) is 12.8 Å². The van der Waals surface area contributed by atoms with Gasteiger partial charge in [0.1, 0.15) is 10.7 Å². The fourth-order valence-corrected chi connectivity index (χ4v) is 5.06. The first-order valence-electron chi connectivity index (χ1n) is 5.75. The Morgan fingerprint density at radius 1 is 1.30 bits per heavy atom. The number of hydrogen-bond acceptors (Lipinski definition) is 3. The molecule has 3 nitrogen and oxygen atoms in total. The molecule has 0 atom stereocenters. The molecule has 1 heterocycles. The fraction of sp³-hybridized carbons (Fsp3) is 0.231. The zero-order valence-electron chi connectivity index (χ0n) is 10.9. The summed E-state index contributed by atoms with van der Waals surface area (Å²) < 4.78 is 39.4. The second kappa shape index (κ2) is 5.71. The molecule has 2 rings (SSSR count). The van der Waals surface area contributed by atoms with Gasteiger partial charge in [0.05, 0.1) is 11.6 Å². The monoisotopic (exact) mass is 333 g/mol. The fourth-order valence-electron chi connectivity index (χ4n) is 1.85. The molecule has 0 amide bonds. The van der Waals surface area contributed by atoms with E-state index in [0.717, 1.165) is 4.31 Å². The van der Waals surface area contributed by atoms with Crippen molar-refractivity contribution in [2.75, 3.05) is 11.4 Å². The molecule has 0 unspecified atom stereocenters. The highest BCUT2D eigenvalue weighted by Gasteiger charge is 2.27. The van der Waals surface area contributed by atoms with Crippen molar-refractivity contribution < 1.29 is 12.8 Å². The average Bonchev–Trinajstić information content (AvgIpc) is 2.80. The van der Waals surface area contributed by atoms with E-state index in [9.17, 15) is 12.8 Å². The number of nitrogens with zero attached hydrogens (tertiary/aromatic N) is 1. The van der Waals surface area contributed by atoms with Crippen LogP contribution in [0.3, 0.4) is 0 Å². The lowest BCUT2D eigenvalue weighted by Gasteiger charge is -2.20. The molecule has 108 valence electrons. The largest absolute Gasteiger partial charge is 0.269 e. The maximum Gasteiger partial charge on any atom is 0.265 e. The third-order valence-corrected chi connectivity index (χ3v) is 6.59. The summed E-state index contributed by atoms with van der Waals surface area (Å²) >= 11 is 7.12. The third kappa shape index (κ3) is 2.68. The Labute approximate surface area is 126 Å². The number of aryl methyl sites for hydroxylation is 1. The molecule has 0 radical (unpaired) electrons. The average molecular weight is 334 g/mol. The highest BCUT2D eigenvalue weighted by molar-refractivity contribution is 7.93. The van der Waals surface area contributed by atoms with Gasteiger partial charge in [0, 0.05) is 11.9 Å². The van der Waals surface area contributed by atoms with Crippen molar-refractivity contribution >= 4 is 38.6 Å². The lowest BCUT2D eigenvalue weighted by Crippen LogP contribution is -2.27. The van der Waals surface area contributed by atoms with E-state index in [0.29, 0.717) is 16.1 Å². The molecule has 0 fully saturated rings. The minimum Gasteiger partial charge on any atom is -0.269 e. The molecule has 7 heteroatoms. The molecule has 0 aliphatic heterocycles. The van der Waals surface area contributed by atoms with E-state index in [1.165, 1.54) is 42.6 Å². The lowest BCUT2D eigenvalue weighted by atomic mass is 10.3. The molecule has 1 aromatic heterocycles. The van der Waals surface area contributed by atoms with Gasteiger partial charge in [-0.2, -0.15) is 0 Å². The summed E-state index contributed by atoms with van der Waals surface area (Å²) in [6, 6.07) is 5.30. The first-order chi connectivity index (χ1) is 9.37. The van der Waals surface area contributed by atoms with E-state index in [1.807, 2.05) is 0 Å². The molecule has 0 aliphatic carbocycles. The second-order valence-electron chi connectivity index (χ2n) is 4.25. The Kier molecular flexibility index (Phi) is 4.36. The van der Waals surface area contributed by atoms with Crippen LogP contribution in [-0.4, -0.2) is 15.5 Å². The molecule has 2 aromatic rings. The number of alkyl halides is 1. The summed E-state index contributed by atoms with van der Waals surface area (Å²) in [5.74, 6) is -0.266. The number of anilines is 1. The maximum atomic E-state index is 12.9. The van der Waals surface area contributed by atoms with Crippen molar-refractivity contribution in [2.45, 2.75) is 17.7 Å². The van der Waals surface area contributed by atoms with Crippen LogP contribution in [0.25, 0.3) is 0 Å². The van der Waals surface area contributed by atoms with E-state index in [-0.39, 0.29) is 10.8 Å². The standard InChI is InChI=1S/C13H13ClFNO2S2/c1-9-8-19-12(7-14)13(9)20(17,18)16(2)11-5-3-10(15)4-6-11/h3-6,8H,7H2,1-2H3. The minimum atomic E-state index is -3.70. The number of thiophene rings is 1. The van der Waals surface area contributed by atoms with Crippen LogP contribution in [0.5, 0.6) is 0 Å². The summed E-state index contributed by atoms with van der Waals surface area (Å²) in [4.78, 5) is 0.849. The smallest absolute Gasteiger partial charge is 0.265 e. The molecular formula is C13H13ClFNO2S2. The van der Waals surface area contributed by atoms with Crippen LogP contribution in [0.1, 0.15) is 10.4 Å². The summed E-state index contributed by atoms with van der Waals surface area (Å²) in [5, 5.41) is 1.77. The van der Waals surface area contributed by atoms with Gasteiger partial charge in [-0.05, 0) is 42.1 Å². The Balaban J connectivity index is 2.49. The van der Waals surface area contributed by atoms with Gasteiger partial charge in [0.15, 0.2) is 0 Å². The molecule has 0 spiro atoms. The van der Waals surface area contributed by atoms with Crippen molar-refractivity contribution in [3.8, 4) is 0 Å². The number of rotatable bonds is 4. The number of benzene rings is 1. The van der Waals surface area contributed by atoms with Gasteiger partial charge in [-0.1, -0.05) is 0 Å². The van der Waals surface area contributed by atoms with Gasteiger partial charge in [-0.3, -0.25) is 4.31 Å². The van der Waals surface area contributed by atoms with Crippen LogP contribution in [0.2, 0.25) is 0 Å². The molecule has 0 saturated carbocycles. The summed E-state index contributed by atoms with van der Waals surface area (Å²) in [5.41, 5.74) is 1.07. The Morgan fingerprint density at radius 3 is 2.45 bits per heavy atom. The van der Waals surface area contributed by atoms with Crippen LogP contribution in [0, 0.1) is 12.7 Å². The molecule has 0 aliphatic rings. The second-order valence-corrected chi connectivity index (χ2v) is 7.39. The Bertz CT molecular complexity index is 710. The normalized spacial score (nSPS) is 11.6. The van der Waals surface area contributed by atoms with E-state index in [2.05, 4.69) is 0 Å². The first kappa shape index (κ1) is 15.3. The summed E-state index contributed by atoms with van der Waals surface area (Å²) in [7, 11) is -2.26. The van der Waals surface area contributed by atoms with Crippen molar-refractivity contribution in [2.24, 2.45) is 0 Å². The number of sulfonamides is 1. The predicted molar refractivity (Wildman–Crippen MR) is 80.6 cm³/mol. The number of hydrogen-bond donors (Lipinski definition) is 0. The Hall–Kier alpha value is -1.11. The molecule has 0 N–H and O–H groups in total. The SMILES string of the molecule is Cc1csc(CCl)c1S(=O)(=O)N(C)c1ccc(F)cc1. The summed E-state index contributed by atoms with van der Waals surface area (Å²) in [6.45, 7) is 1.73. The van der Waals surface area contributed by atoms with Crippen molar-refractivity contribution in [3.05, 3.63) is 45.9 Å². The minimum absolute atomic E-state index is 0.143. The van der Waals surface area contributed by atoms with Crippen LogP contribution < -0.4 is 4.31 Å². The maximum absolute atomic E-state index is 12.9. The van der Waals surface area contributed by atoms with Crippen molar-refractivity contribution in [3.63, 3.8) is 0 Å². The molecular weight excluding hydrogens is 321 g/mol. The van der Waals surface area contributed by atoms with Gasteiger partial charge in [0.25, 0.3) is 10.0 Å². The van der Waals surface area contributed by atoms with Gasteiger partial charge in [0.2, 0.25) is 0 Å². The van der Waals surface area contributed by atoms with Gasteiger partial charge < -0.3 is 0 Å². The highest BCUT2D eigenvalue weighted by Crippen LogP contribution is 2.32. The van der Waals surface area contributed by atoms with Crippen LogP contribution in [0.4, 0.5) is 10.1 Å². The molecule has 20 heavy (non-hydrogen) atoms. The zero-order chi connectivity index (χ0) is 14.9. The lowest BCUT2D eigenvalue weighted by molar-refractivity contribution is 0.593. The molecule has 1 aromatic carbocycles. The first-order valence-corrected chi connectivity index (χ1v) is 8.60. The van der Waals surface area contributed by atoms with Gasteiger partial charge in [-0.15, -0.1) is 22.9 Å². The van der Waals surface area contributed by atoms with E-state index in [4.69, 9.17) is 11.6 Å². The predicted octanol–water partition coefficient (Wildman–Crippen LogP) is 3.76. The van der Waals surface area contributed by atoms with E-state index < -0.39 is 15.8 Å². The number of halogens is 2. The van der Waals surface area contributed by atoms with E-state index in [1.54, 1.807) is 12.3 Å². The summed E-state index contributed by atoms with van der Waals surface area (Å²) in [6.07, 6.45) is 0. The topological polar surface area (TPSA) is 37.4 Å². The van der Waals surface area contributed by atoms with Crippen molar-refractivity contribution in [1.82, 2.24) is 0 Å². The molecule has 0 saturated heterocycles. The zero-order valence-corrected chi connectivity index (χ0v) is 13.3.